The second-order valence-corrected chi connectivity index (χ2v) is 6.06. The summed E-state index contributed by atoms with van der Waals surface area (Å²) in [6, 6.07) is 15.2. The molecule has 1 aliphatic carbocycles. The van der Waals surface area contributed by atoms with Crippen LogP contribution in [0, 0.1) is 20.8 Å². The highest BCUT2D eigenvalue weighted by Crippen LogP contribution is 2.32. The van der Waals surface area contributed by atoms with E-state index in [1.54, 1.807) is 0 Å². The standard InChI is InChI=1S/C22H22/c1-16-13-17(2)22(18(3)14-16)15-20-11-7-8-12-21(20)19-9-5-4-6-10-19/h4-10,12-15H,11H2,1-3H3. The molecule has 3 rings (SSSR count). The normalized spacial score (nSPS) is 16.0. The van der Waals surface area contributed by atoms with Gasteiger partial charge in [0, 0.05) is 0 Å². The van der Waals surface area contributed by atoms with Gasteiger partial charge in [-0.05, 0) is 60.6 Å². The first-order chi connectivity index (χ1) is 10.6. The molecule has 0 atom stereocenters. The quantitative estimate of drug-likeness (QED) is 0.631. The number of hydrogen-bond donors (Lipinski definition) is 0. The van der Waals surface area contributed by atoms with Crippen LogP contribution in [0.1, 0.15) is 34.2 Å². The summed E-state index contributed by atoms with van der Waals surface area (Å²) in [5, 5.41) is 0. The molecule has 0 nitrogen and oxygen atoms in total. The summed E-state index contributed by atoms with van der Waals surface area (Å²) in [6.45, 7) is 6.57. The van der Waals surface area contributed by atoms with E-state index >= 15 is 0 Å². The summed E-state index contributed by atoms with van der Waals surface area (Å²) < 4.78 is 0. The number of rotatable bonds is 2. The van der Waals surface area contributed by atoms with Crippen molar-refractivity contribution in [1.82, 2.24) is 0 Å². The van der Waals surface area contributed by atoms with Crippen molar-refractivity contribution in [2.45, 2.75) is 27.2 Å². The van der Waals surface area contributed by atoms with Gasteiger partial charge in [-0.3, -0.25) is 0 Å². The second-order valence-electron chi connectivity index (χ2n) is 6.06. The molecule has 1 aliphatic rings. The van der Waals surface area contributed by atoms with Crippen LogP contribution in [0.3, 0.4) is 0 Å². The molecule has 110 valence electrons. The van der Waals surface area contributed by atoms with Gasteiger partial charge in [0.15, 0.2) is 0 Å². The molecule has 2 aromatic carbocycles. The van der Waals surface area contributed by atoms with Crippen molar-refractivity contribution in [1.29, 1.82) is 0 Å². The topological polar surface area (TPSA) is 0 Å². The lowest BCUT2D eigenvalue weighted by Crippen LogP contribution is -1.95. The van der Waals surface area contributed by atoms with Crippen LogP contribution in [0.5, 0.6) is 0 Å². The minimum atomic E-state index is 0.994. The first-order valence-electron chi connectivity index (χ1n) is 7.86. The van der Waals surface area contributed by atoms with Gasteiger partial charge in [0.2, 0.25) is 0 Å². The Morgan fingerprint density at radius 3 is 2.27 bits per heavy atom. The van der Waals surface area contributed by atoms with E-state index in [2.05, 4.69) is 87.5 Å². The van der Waals surface area contributed by atoms with Crippen LogP contribution < -0.4 is 0 Å². The molecule has 0 fully saturated rings. The van der Waals surface area contributed by atoms with Crippen LogP contribution in [-0.4, -0.2) is 0 Å². The molecule has 0 amide bonds. The van der Waals surface area contributed by atoms with Crippen LogP contribution in [0.2, 0.25) is 0 Å². The van der Waals surface area contributed by atoms with Crippen LogP contribution >= 0.6 is 0 Å². The van der Waals surface area contributed by atoms with Gasteiger partial charge in [-0.15, -0.1) is 0 Å². The van der Waals surface area contributed by atoms with Crippen molar-refractivity contribution in [3.8, 4) is 0 Å². The van der Waals surface area contributed by atoms with Gasteiger partial charge < -0.3 is 0 Å². The van der Waals surface area contributed by atoms with Crippen molar-refractivity contribution in [3.05, 3.63) is 94.1 Å². The Hall–Kier alpha value is -2.34. The van der Waals surface area contributed by atoms with E-state index in [1.807, 2.05) is 0 Å². The highest BCUT2D eigenvalue weighted by atomic mass is 14.2. The Kier molecular flexibility index (Phi) is 4.11. The third-order valence-corrected chi connectivity index (χ3v) is 4.22. The highest BCUT2D eigenvalue weighted by molar-refractivity contribution is 5.87. The van der Waals surface area contributed by atoms with E-state index < -0.39 is 0 Å². The SMILES string of the molecule is Cc1cc(C)c(C=C2CC=CC=C2c2ccccc2)c(C)c1. The van der Waals surface area contributed by atoms with Crippen molar-refractivity contribution in [3.63, 3.8) is 0 Å². The summed E-state index contributed by atoms with van der Waals surface area (Å²) in [5.74, 6) is 0. The van der Waals surface area contributed by atoms with Crippen molar-refractivity contribution >= 4 is 11.6 Å². The third kappa shape index (κ3) is 2.96. The van der Waals surface area contributed by atoms with E-state index in [-0.39, 0.29) is 0 Å². The van der Waals surface area contributed by atoms with E-state index in [4.69, 9.17) is 0 Å². The molecule has 0 spiro atoms. The maximum Gasteiger partial charge on any atom is -0.00879 e. The molecule has 0 aromatic heterocycles. The number of allylic oxidation sites excluding steroid dienone is 5. The van der Waals surface area contributed by atoms with Crippen molar-refractivity contribution in [2.75, 3.05) is 0 Å². The second kappa shape index (κ2) is 6.19. The molecule has 0 aliphatic heterocycles. The minimum absolute atomic E-state index is 0.994. The van der Waals surface area contributed by atoms with E-state index in [0.717, 1.165) is 6.42 Å². The Morgan fingerprint density at radius 2 is 1.59 bits per heavy atom. The molecule has 0 unspecified atom stereocenters. The average Bonchev–Trinajstić information content (AvgIpc) is 2.52. The minimum Gasteiger partial charge on any atom is -0.0801 e. The average molecular weight is 286 g/mol. The molecule has 0 heterocycles. The molecule has 22 heavy (non-hydrogen) atoms. The summed E-state index contributed by atoms with van der Waals surface area (Å²) >= 11 is 0. The molecule has 0 heteroatoms. The largest absolute Gasteiger partial charge is 0.0801 e. The van der Waals surface area contributed by atoms with Crippen LogP contribution in [0.25, 0.3) is 11.6 Å². The Morgan fingerprint density at radius 1 is 0.909 bits per heavy atom. The third-order valence-electron chi connectivity index (χ3n) is 4.22. The van der Waals surface area contributed by atoms with Gasteiger partial charge in [0.25, 0.3) is 0 Å². The molecular formula is C22H22. The molecule has 0 radical (unpaired) electrons. The number of aryl methyl sites for hydroxylation is 3. The maximum atomic E-state index is 2.37. The lowest BCUT2D eigenvalue weighted by molar-refractivity contribution is 1.26. The summed E-state index contributed by atoms with van der Waals surface area (Å²) in [6.07, 6.45) is 9.98. The number of hydrogen-bond acceptors (Lipinski definition) is 0. The highest BCUT2D eigenvalue weighted by Gasteiger charge is 2.11. The smallest absolute Gasteiger partial charge is 0.00879 e. The maximum absolute atomic E-state index is 2.37. The van der Waals surface area contributed by atoms with Gasteiger partial charge in [-0.1, -0.05) is 72.3 Å². The van der Waals surface area contributed by atoms with Crippen molar-refractivity contribution in [2.24, 2.45) is 0 Å². The fourth-order valence-electron chi connectivity index (χ4n) is 3.21. The molecule has 2 aromatic rings. The van der Waals surface area contributed by atoms with Gasteiger partial charge in [-0.25, -0.2) is 0 Å². The van der Waals surface area contributed by atoms with Crippen molar-refractivity contribution < 1.29 is 0 Å². The summed E-state index contributed by atoms with van der Waals surface area (Å²) in [4.78, 5) is 0. The predicted molar refractivity (Wildman–Crippen MR) is 96.8 cm³/mol. The summed E-state index contributed by atoms with van der Waals surface area (Å²) in [5.41, 5.74) is 9.42. The van der Waals surface area contributed by atoms with Gasteiger partial charge >= 0.3 is 0 Å². The zero-order valence-corrected chi connectivity index (χ0v) is 13.6. The Labute approximate surface area is 133 Å². The molecule has 0 saturated carbocycles. The Bertz CT molecular complexity index is 748. The summed E-state index contributed by atoms with van der Waals surface area (Å²) in [7, 11) is 0. The fraction of sp³-hybridized carbons (Fsp3) is 0.182. The van der Waals surface area contributed by atoms with E-state index in [0.29, 0.717) is 0 Å². The van der Waals surface area contributed by atoms with Crippen LogP contribution in [0.15, 0.2) is 66.3 Å². The molecule has 0 bridgehead atoms. The lowest BCUT2D eigenvalue weighted by Gasteiger charge is -2.16. The molecule has 0 N–H and O–H groups in total. The fourth-order valence-corrected chi connectivity index (χ4v) is 3.21. The van der Waals surface area contributed by atoms with Crippen LogP contribution in [0.4, 0.5) is 0 Å². The zero-order valence-electron chi connectivity index (χ0n) is 13.6. The zero-order chi connectivity index (χ0) is 15.5. The van der Waals surface area contributed by atoms with Crippen LogP contribution in [-0.2, 0) is 0 Å². The number of benzene rings is 2. The Balaban J connectivity index is 2.07. The monoisotopic (exact) mass is 286 g/mol. The van der Waals surface area contributed by atoms with Gasteiger partial charge in [0.05, 0.1) is 0 Å². The first kappa shape index (κ1) is 14.6. The van der Waals surface area contributed by atoms with E-state index in [9.17, 15) is 0 Å². The molecule has 0 saturated heterocycles. The predicted octanol–water partition coefficient (Wildman–Crippen LogP) is 6.04. The molecular weight excluding hydrogens is 264 g/mol. The van der Waals surface area contributed by atoms with E-state index in [1.165, 1.54) is 39.0 Å². The first-order valence-corrected chi connectivity index (χ1v) is 7.86. The lowest BCUT2D eigenvalue weighted by atomic mass is 9.89. The van der Waals surface area contributed by atoms with Gasteiger partial charge in [0.1, 0.15) is 0 Å². The van der Waals surface area contributed by atoms with Gasteiger partial charge in [-0.2, -0.15) is 0 Å².